The monoisotopic (exact) mass is 337 g/mol. The first kappa shape index (κ1) is 16.7. The maximum absolute atomic E-state index is 11.7. The molecule has 0 saturated carbocycles. The van der Waals surface area contributed by atoms with Gasteiger partial charge in [-0.2, -0.15) is 0 Å². The van der Waals surface area contributed by atoms with Crippen LogP contribution in [0, 0.1) is 0 Å². The number of hydrogen-bond donors (Lipinski definition) is 2. The molecule has 0 spiro atoms. The van der Waals surface area contributed by atoms with E-state index in [0.717, 1.165) is 11.1 Å². The highest BCUT2D eigenvalue weighted by atomic mass is 35.5. The Hall–Kier alpha value is -1.62. The van der Waals surface area contributed by atoms with Gasteiger partial charge in [-0.1, -0.05) is 35.3 Å². The second-order valence-electron chi connectivity index (χ2n) is 4.80. The summed E-state index contributed by atoms with van der Waals surface area (Å²) < 4.78 is 0. The first-order valence-electron chi connectivity index (χ1n) is 6.95. The number of halogens is 2. The zero-order valence-corrected chi connectivity index (χ0v) is 13.5. The molecule has 1 aromatic carbocycles. The maximum atomic E-state index is 11.7. The Morgan fingerprint density at radius 3 is 2.82 bits per heavy atom. The number of rotatable bonds is 7. The second kappa shape index (κ2) is 8.73. The van der Waals surface area contributed by atoms with Gasteiger partial charge >= 0.3 is 0 Å². The quantitative estimate of drug-likeness (QED) is 0.816. The molecule has 1 heterocycles. The van der Waals surface area contributed by atoms with Crippen molar-refractivity contribution in [2.45, 2.75) is 13.0 Å². The SMILES string of the molecule is O=C(CNCc1cccnc1)NCCc1ccc(Cl)cc1Cl. The van der Waals surface area contributed by atoms with Crippen LogP contribution in [0.3, 0.4) is 0 Å². The molecular formula is C16H17Cl2N3O. The van der Waals surface area contributed by atoms with E-state index in [2.05, 4.69) is 15.6 Å². The second-order valence-corrected chi connectivity index (χ2v) is 5.64. The van der Waals surface area contributed by atoms with Gasteiger partial charge in [0.05, 0.1) is 6.54 Å². The molecule has 0 aliphatic rings. The van der Waals surface area contributed by atoms with Gasteiger partial charge in [0.2, 0.25) is 5.91 Å². The molecule has 22 heavy (non-hydrogen) atoms. The Morgan fingerprint density at radius 1 is 1.23 bits per heavy atom. The summed E-state index contributed by atoms with van der Waals surface area (Å²) >= 11 is 11.9. The predicted molar refractivity (Wildman–Crippen MR) is 89.1 cm³/mol. The number of pyridine rings is 1. The zero-order valence-electron chi connectivity index (χ0n) is 12.0. The van der Waals surface area contributed by atoms with Crippen LogP contribution in [0.25, 0.3) is 0 Å². The van der Waals surface area contributed by atoms with E-state index in [0.29, 0.717) is 29.6 Å². The fraction of sp³-hybridized carbons (Fsp3) is 0.250. The highest BCUT2D eigenvalue weighted by Crippen LogP contribution is 2.20. The summed E-state index contributed by atoms with van der Waals surface area (Å²) in [6, 6.07) is 9.20. The third-order valence-corrected chi connectivity index (χ3v) is 3.66. The van der Waals surface area contributed by atoms with E-state index in [1.54, 1.807) is 24.5 Å². The van der Waals surface area contributed by atoms with Gasteiger partial charge in [0.1, 0.15) is 0 Å². The molecule has 116 valence electrons. The third-order valence-electron chi connectivity index (χ3n) is 3.07. The molecule has 0 aliphatic heterocycles. The van der Waals surface area contributed by atoms with Gasteiger partial charge in [0.15, 0.2) is 0 Å². The lowest BCUT2D eigenvalue weighted by Crippen LogP contribution is -2.34. The van der Waals surface area contributed by atoms with Crippen LogP contribution in [0.5, 0.6) is 0 Å². The molecular weight excluding hydrogens is 321 g/mol. The molecule has 2 aromatic rings. The van der Waals surface area contributed by atoms with Crippen LogP contribution in [0.15, 0.2) is 42.7 Å². The van der Waals surface area contributed by atoms with Crippen molar-refractivity contribution < 1.29 is 4.79 Å². The number of hydrogen-bond acceptors (Lipinski definition) is 3. The lowest BCUT2D eigenvalue weighted by atomic mass is 10.1. The standard InChI is InChI=1S/C16H17Cl2N3O/c17-14-4-3-13(15(18)8-14)5-7-21-16(22)11-20-10-12-2-1-6-19-9-12/h1-4,6,8-9,20H,5,7,10-11H2,(H,21,22). The van der Waals surface area contributed by atoms with Crippen LogP contribution < -0.4 is 10.6 Å². The lowest BCUT2D eigenvalue weighted by Gasteiger charge is -2.08. The minimum atomic E-state index is -0.0472. The zero-order chi connectivity index (χ0) is 15.8. The highest BCUT2D eigenvalue weighted by molar-refractivity contribution is 6.35. The molecule has 2 N–H and O–H groups in total. The smallest absolute Gasteiger partial charge is 0.233 e. The molecule has 0 radical (unpaired) electrons. The fourth-order valence-corrected chi connectivity index (χ4v) is 2.45. The molecule has 4 nitrogen and oxygen atoms in total. The van der Waals surface area contributed by atoms with E-state index < -0.39 is 0 Å². The first-order chi connectivity index (χ1) is 10.6. The van der Waals surface area contributed by atoms with Gasteiger partial charge in [-0.25, -0.2) is 0 Å². The average molecular weight is 338 g/mol. The number of carbonyl (C=O) groups is 1. The number of amides is 1. The molecule has 0 bridgehead atoms. The van der Waals surface area contributed by atoms with Crippen molar-refractivity contribution in [3.63, 3.8) is 0 Å². The van der Waals surface area contributed by atoms with Gasteiger partial charge in [-0.3, -0.25) is 9.78 Å². The summed E-state index contributed by atoms with van der Waals surface area (Å²) in [5.74, 6) is -0.0472. The van der Waals surface area contributed by atoms with Crippen molar-refractivity contribution in [1.82, 2.24) is 15.6 Å². The van der Waals surface area contributed by atoms with Crippen molar-refractivity contribution in [2.75, 3.05) is 13.1 Å². The molecule has 1 aromatic heterocycles. The summed E-state index contributed by atoms with van der Waals surface area (Å²) in [4.78, 5) is 15.7. The largest absolute Gasteiger partial charge is 0.355 e. The summed E-state index contributed by atoms with van der Waals surface area (Å²) in [6.07, 6.45) is 4.16. The van der Waals surface area contributed by atoms with Gasteiger partial charge in [-0.15, -0.1) is 0 Å². The topological polar surface area (TPSA) is 54.0 Å². The Balaban J connectivity index is 1.65. The van der Waals surface area contributed by atoms with Crippen LogP contribution in [0.2, 0.25) is 10.0 Å². The van der Waals surface area contributed by atoms with Crippen LogP contribution >= 0.6 is 23.2 Å². The van der Waals surface area contributed by atoms with Gasteiger partial charge in [-0.05, 0) is 35.7 Å². The van der Waals surface area contributed by atoms with Crippen LogP contribution in [-0.4, -0.2) is 24.0 Å². The molecule has 1 amide bonds. The Bertz CT molecular complexity index is 620. The van der Waals surface area contributed by atoms with E-state index in [-0.39, 0.29) is 12.5 Å². The van der Waals surface area contributed by atoms with Gasteiger partial charge in [0.25, 0.3) is 0 Å². The molecule has 0 fully saturated rings. The van der Waals surface area contributed by atoms with Gasteiger partial charge in [0, 0.05) is 35.5 Å². The summed E-state index contributed by atoms with van der Waals surface area (Å²) in [5, 5.41) is 7.15. The van der Waals surface area contributed by atoms with E-state index in [1.807, 2.05) is 18.2 Å². The molecule has 0 unspecified atom stereocenters. The van der Waals surface area contributed by atoms with Crippen LogP contribution in [0.1, 0.15) is 11.1 Å². The number of nitrogens with one attached hydrogen (secondary N) is 2. The van der Waals surface area contributed by atoms with E-state index >= 15 is 0 Å². The summed E-state index contributed by atoms with van der Waals surface area (Å²) in [5.41, 5.74) is 2.01. The number of benzene rings is 1. The van der Waals surface area contributed by atoms with E-state index in [9.17, 15) is 4.79 Å². The van der Waals surface area contributed by atoms with Crippen molar-refractivity contribution in [3.05, 3.63) is 63.9 Å². The van der Waals surface area contributed by atoms with Crippen LogP contribution in [0.4, 0.5) is 0 Å². The molecule has 6 heteroatoms. The molecule has 0 atom stereocenters. The lowest BCUT2D eigenvalue weighted by molar-refractivity contribution is -0.120. The molecule has 0 saturated heterocycles. The summed E-state index contributed by atoms with van der Waals surface area (Å²) in [7, 11) is 0. The fourth-order valence-electron chi connectivity index (χ4n) is 1.95. The number of aromatic nitrogens is 1. The number of carbonyl (C=O) groups excluding carboxylic acids is 1. The van der Waals surface area contributed by atoms with E-state index in [1.165, 1.54) is 0 Å². The summed E-state index contributed by atoms with van der Waals surface area (Å²) in [6.45, 7) is 1.42. The Morgan fingerprint density at radius 2 is 2.09 bits per heavy atom. The van der Waals surface area contributed by atoms with Crippen molar-refractivity contribution in [3.8, 4) is 0 Å². The molecule has 2 rings (SSSR count). The Kier molecular flexibility index (Phi) is 6.65. The average Bonchev–Trinajstić information content (AvgIpc) is 2.50. The van der Waals surface area contributed by atoms with Crippen molar-refractivity contribution >= 4 is 29.1 Å². The van der Waals surface area contributed by atoms with Crippen molar-refractivity contribution in [2.24, 2.45) is 0 Å². The maximum Gasteiger partial charge on any atom is 0.233 e. The highest BCUT2D eigenvalue weighted by Gasteiger charge is 2.04. The van der Waals surface area contributed by atoms with E-state index in [4.69, 9.17) is 23.2 Å². The Labute approximate surface area is 139 Å². The molecule has 0 aliphatic carbocycles. The normalized spacial score (nSPS) is 10.5. The van der Waals surface area contributed by atoms with Crippen LogP contribution in [-0.2, 0) is 17.8 Å². The number of nitrogens with zero attached hydrogens (tertiary/aromatic N) is 1. The predicted octanol–water partition coefficient (Wildman–Crippen LogP) is 2.84. The first-order valence-corrected chi connectivity index (χ1v) is 7.71. The minimum Gasteiger partial charge on any atom is -0.355 e. The van der Waals surface area contributed by atoms with Gasteiger partial charge < -0.3 is 10.6 Å². The third kappa shape index (κ3) is 5.64. The van der Waals surface area contributed by atoms with Crippen molar-refractivity contribution in [1.29, 1.82) is 0 Å². The minimum absolute atomic E-state index is 0.0472.